The van der Waals surface area contributed by atoms with E-state index in [9.17, 15) is 10.5 Å². The fraction of sp³-hybridized carbons (Fsp3) is 0.0462. The van der Waals surface area contributed by atoms with Crippen LogP contribution in [-0.2, 0) is 0 Å². The number of aryl methyl sites for hydroxylation is 1. The first-order chi connectivity index (χ1) is 36.5. The first-order valence-corrected chi connectivity index (χ1v) is 24.5. The van der Waals surface area contributed by atoms with Crippen molar-refractivity contribution in [2.24, 2.45) is 0 Å². The maximum atomic E-state index is 12.7. The highest BCUT2D eigenvalue weighted by Crippen LogP contribution is 2.50. The van der Waals surface area contributed by atoms with Crippen molar-refractivity contribution in [2.75, 3.05) is 14.2 Å². The van der Waals surface area contributed by atoms with E-state index in [-0.39, 0.29) is 0 Å². The van der Waals surface area contributed by atoms with Crippen LogP contribution in [0.25, 0.3) is 132 Å². The quantitative estimate of drug-likeness (QED) is 0.165. The van der Waals surface area contributed by atoms with Gasteiger partial charge in [0, 0.05) is 53.9 Å². The number of hydrogen-bond donors (Lipinski definition) is 0. The molecule has 0 aliphatic carbocycles. The monoisotopic (exact) mass is 952 g/mol. The number of hydrogen-bond acceptors (Lipinski definition) is 5. The summed E-state index contributed by atoms with van der Waals surface area (Å²) in [6.45, 7) is 2.10. The maximum absolute atomic E-state index is 12.7. The molecule has 0 spiro atoms. The number of furan rings is 1. The number of nitriles is 2. The summed E-state index contributed by atoms with van der Waals surface area (Å²) in [6, 6.07) is 70.1. The minimum absolute atomic E-state index is 0.348. The fourth-order valence-electron chi connectivity index (χ4n) is 12.2. The van der Waals surface area contributed by atoms with Crippen molar-refractivity contribution < 1.29 is 13.9 Å². The summed E-state index contributed by atoms with van der Waals surface area (Å²) in [5.41, 5.74) is 12.2. The lowest BCUT2D eigenvalue weighted by molar-refractivity contribution is 0.415. The van der Waals surface area contributed by atoms with Crippen LogP contribution in [0.2, 0.25) is 0 Å². The van der Waals surface area contributed by atoms with Crippen LogP contribution in [0.3, 0.4) is 0 Å². The lowest BCUT2D eigenvalue weighted by atomic mass is 9.98. The van der Waals surface area contributed by atoms with Gasteiger partial charge in [-0.15, -0.1) is 0 Å². The normalized spacial score (nSPS) is 12.0. The third kappa shape index (κ3) is 5.44. The predicted octanol–water partition coefficient (Wildman–Crippen LogP) is 16.0. The van der Waals surface area contributed by atoms with E-state index in [0.29, 0.717) is 51.0 Å². The van der Waals surface area contributed by atoms with Gasteiger partial charge >= 0.3 is 0 Å². The minimum atomic E-state index is 0.348. The highest BCUT2D eigenvalue weighted by molar-refractivity contribution is 6.23. The van der Waals surface area contributed by atoms with Gasteiger partial charge in [0.1, 0.15) is 40.3 Å². The molecule has 0 amide bonds. The molecule has 0 aliphatic rings. The van der Waals surface area contributed by atoms with E-state index in [4.69, 9.17) is 13.9 Å². The lowest BCUT2D eigenvalue weighted by Gasteiger charge is -2.27. The van der Waals surface area contributed by atoms with Gasteiger partial charge < -0.3 is 32.2 Å². The standard InChI is InChI=1S/C65H40N6O3/c1-37-24-29-56-47(32-37)41-15-5-9-19-52(41)68(56)62-50(35-66)60(69-53-20-10-6-16-42(53)48-33-38(72-2)25-30-57(48)69)61(70-54-21-11-7-17-43(54)49-34-39(73-3)26-31-58(49)70)51(36-67)63(62)71-55-22-12-4-14-40(55)45-27-28-46-44-18-8-13-23-59(44)74-65(46)64(45)71/h4-34H,1-3H3. The topological polar surface area (TPSA) is 98.9 Å². The Morgan fingerprint density at radius 1 is 0.365 bits per heavy atom. The fourth-order valence-corrected chi connectivity index (χ4v) is 12.2. The lowest BCUT2D eigenvalue weighted by Crippen LogP contribution is -2.16. The molecule has 0 aliphatic heterocycles. The Hall–Kier alpha value is -10.2. The second-order valence-corrected chi connectivity index (χ2v) is 19.0. The van der Waals surface area contributed by atoms with E-state index >= 15 is 0 Å². The van der Waals surface area contributed by atoms with Gasteiger partial charge in [-0.05, 0) is 91.9 Å². The Morgan fingerprint density at radius 3 is 1.23 bits per heavy atom. The minimum Gasteiger partial charge on any atom is -0.497 e. The third-order valence-corrected chi connectivity index (χ3v) is 15.3. The Labute approximate surface area is 422 Å². The first-order valence-electron chi connectivity index (χ1n) is 24.5. The molecule has 0 unspecified atom stereocenters. The molecule has 5 heterocycles. The van der Waals surface area contributed by atoms with Crippen LogP contribution in [-0.4, -0.2) is 32.5 Å². The largest absolute Gasteiger partial charge is 0.497 e. The smallest absolute Gasteiger partial charge is 0.160 e. The zero-order chi connectivity index (χ0) is 49.5. The number of methoxy groups -OCH3 is 2. The first kappa shape index (κ1) is 41.6. The van der Waals surface area contributed by atoms with Crippen LogP contribution in [0, 0.1) is 29.6 Å². The molecular weight excluding hydrogens is 913 g/mol. The van der Waals surface area contributed by atoms with Crippen molar-refractivity contribution in [3.8, 4) is 46.4 Å². The number of benzene rings is 10. The zero-order valence-electron chi connectivity index (χ0n) is 40.3. The van der Waals surface area contributed by atoms with Crippen LogP contribution in [0.15, 0.2) is 192 Å². The highest BCUT2D eigenvalue weighted by Gasteiger charge is 2.35. The van der Waals surface area contributed by atoms with E-state index in [0.717, 1.165) is 109 Å². The second kappa shape index (κ2) is 15.4. The molecule has 74 heavy (non-hydrogen) atoms. The summed E-state index contributed by atoms with van der Waals surface area (Å²) in [5, 5.41) is 35.1. The molecule has 10 aromatic carbocycles. The zero-order valence-corrected chi connectivity index (χ0v) is 40.3. The third-order valence-electron chi connectivity index (χ3n) is 15.3. The van der Waals surface area contributed by atoms with E-state index in [1.54, 1.807) is 14.2 Å². The average molecular weight is 953 g/mol. The molecule has 0 saturated carbocycles. The van der Waals surface area contributed by atoms with Crippen LogP contribution >= 0.6 is 0 Å². The van der Waals surface area contributed by atoms with Gasteiger partial charge in [-0.2, -0.15) is 10.5 Å². The number of rotatable bonds is 6. The Morgan fingerprint density at radius 2 is 0.743 bits per heavy atom. The number of para-hydroxylation sites is 5. The number of fused-ring (bicyclic) bond motifs is 16. The van der Waals surface area contributed by atoms with Crippen molar-refractivity contribution in [3.63, 3.8) is 0 Å². The van der Waals surface area contributed by atoms with Crippen molar-refractivity contribution in [1.82, 2.24) is 18.3 Å². The second-order valence-electron chi connectivity index (χ2n) is 19.0. The Bertz CT molecular complexity index is 5040. The van der Waals surface area contributed by atoms with Crippen molar-refractivity contribution in [3.05, 3.63) is 205 Å². The van der Waals surface area contributed by atoms with Gasteiger partial charge in [-0.1, -0.05) is 109 Å². The summed E-state index contributed by atoms with van der Waals surface area (Å²) >= 11 is 0. The predicted molar refractivity (Wildman–Crippen MR) is 298 cm³/mol. The van der Waals surface area contributed by atoms with E-state index in [2.05, 4.69) is 159 Å². The molecule has 15 aromatic rings. The summed E-state index contributed by atoms with van der Waals surface area (Å²) < 4.78 is 27.6. The molecule has 348 valence electrons. The van der Waals surface area contributed by atoms with Crippen LogP contribution in [0.1, 0.15) is 16.7 Å². The van der Waals surface area contributed by atoms with Gasteiger partial charge in [-0.25, -0.2) is 0 Å². The molecule has 0 N–H and O–H groups in total. The number of aromatic nitrogens is 4. The van der Waals surface area contributed by atoms with Gasteiger partial charge in [0.2, 0.25) is 0 Å². The Balaban J connectivity index is 1.28. The number of nitrogens with zero attached hydrogens (tertiary/aromatic N) is 6. The van der Waals surface area contributed by atoms with Gasteiger partial charge in [-0.3, -0.25) is 0 Å². The van der Waals surface area contributed by atoms with E-state index in [1.807, 2.05) is 66.7 Å². The van der Waals surface area contributed by atoms with Gasteiger partial charge in [0.25, 0.3) is 0 Å². The van der Waals surface area contributed by atoms with Crippen molar-refractivity contribution in [2.45, 2.75) is 6.92 Å². The Kier molecular flexibility index (Phi) is 8.64. The summed E-state index contributed by atoms with van der Waals surface area (Å²) in [7, 11) is 3.35. The summed E-state index contributed by atoms with van der Waals surface area (Å²) in [5.74, 6) is 1.41. The van der Waals surface area contributed by atoms with Crippen LogP contribution < -0.4 is 9.47 Å². The van der Waals surface area contributed by atoms with Crippen LogP contribution in [0.4, 0.5) is 0 Å². The summed E-state index contributed by atoms with van der Waals surface area (Å²) in [4.78, 5) is 0. The van der Waals surface area contributed by atoms with Gasteiger partial charge in [0.05, 0.1) is 81.1 Å². The van der Waals surface area contributed by atoms with Crippen molar-refractivity contribution in [1.29, 1.82) is 10.5 Å². The molecular formula is C65H40N6O3. The summed E-state index contributed by atoms with van der Waals surface area (Å²) in [6.07, 6.45) is 0. The van der Waals surface area contributed by atoms with Crippen molar-refractivity contribution >= 4 is 109 Å². The maximum Gasteiger partial charge on any atom is 0.160 e. The average Bonchev–Trinajstić information content (AvgIpc) is 4.25. The SMILES string of the molecule is COc1ccc2c(c1)c1ccccc1n2-c1c(C#N)c(-n2c3ccccc3c3cc(C)ccc32)c(-n2c3ccccc3c3ccc4c5ccccc5oc4c32)c(C#N)c1-n1c2ccccc2c2cc(OC)ccc21. The van der Waals surface area contributed by atoms with E-state index in [1.165, 1.54) is 0 Å². The van der Waals surface area contributed by atoms with E-state index < -0.39 is 0 Å². The van der Waals surface area contributed by atoms with Crippen LogP contribution in [0.5, 0.6) is 11.5 Å². The molecule has 0 saturated heterocycles. The molecule has 0 bridgehead atoms. The molecule has 0 radical (unpaired) electrons. The molecule has 0 atom stereocenters. The van der Waals surface area contributed by atoms with Gasteiger partial charge in [0.15, 0.2) is 5.58 Å². The molecule has 15 rings (SSSR count). The number of ether oxygens (including phenoxy) is 2. The molecule has 0 fully saturated rings. The molecule has 9 nitrogen and oxygen atoms in total. The molecule has 9 heteroatoms. The highest BCUT2D eigenvalue weighted by atomic mass is 16.5. The molecule has 5 aromatic heterocycles.